The maximum atomic E-state index is 4.93. The van der Waals surface area contributed by atoms with Crippen LogP contribution in [-0.4, -0.2) is 18.3 Å². The van der Waals surface area contributed by atoms with Crippen LogP contribution < -0.4 is 8.79 Å². The van der Waals surface area contributed by atoms with E-state index in [0.717, 1.165) is 12.1 Å². The third-order valence-corrected chi connectivity index (χ3v) is 13.6. The third-order valence-electron chi connectivity index (χ3n) is 6.05. The summed E-state index contributed by atoms with van der Waals surface area (Å²) >= 11 is -2.46. The number of benzene rings is 3. The van der Waals surface area contributed by atoms with E-state index in [1.165, 1.54) is 26.6 Å². The standard InChI is InChI=1S/C29H31GeN/c1-22(2)18-26-21-31-29(20-28(26)30(3,4)27-16-9-6-10-17-27)25-15-11-14-24(19-25)23-12-7-5-8-13-23/h5-17,19-22H,18H2,1-4H3. The molecule has 0 amide bonds. The molecule has 0 fully saturated rings. The quantitative estimate of drug-likeness (QED) is 0.298. The van der Waals surface area contributed by atoms with Gasteiger partial charge in [0.25, 0.3) is 0 Å². The van der Waals surface area contributed by atoms with Crippen LogP contribution in [0.2, 0.25) is 11.5 Å². The van der Waals surface area contributed by atoms with E-state index in [9.17, 15) is 0 Å². The van der Waals surface area contributed by atoms with E-state index in [1.54, 1.807) is 4.40 Å². The summed E-state index contributed by atoms with van der Waals surface area (Å²) in [5.74, 6) is 5.64. The Morgan fingerprint density at radius 2 is 1.32 bits per heavy atom. The van der Waals surface area contributed by atoms with E-state index in [1.807, 2.05) is 0 Å². The molecule has 0 bridgehead atoms. The van der Waals surface area contributed by atoms with Crippen molar-refractivity contribution in [3.63, 3.8) is 0 Å². The number of hydrogen-bond acceptors (Lipinski definition) is 1. The molecule has 4 aromatic rings. The van der Waals surface area contributed by atoms with Gasteiger partial charge in [-0.05, 0) is 0 Å². The van der Waals surface area contributed by atoms with Crippen molar-refractivity contribution in [3.05, 3.63) is 103 Å². The Balaban J connectivity index is 1.82. The first-order valence-electron chi connectivity index (χ1n) is 11.2. The molecule has 1 nitrogen and oxygen atoms in total. The van der Waals surface area contributed by atoms with Crippen molar-refractivity contribution in [2.24, 2.45) is 5.92 Å². The summed E-state index contributed by atoms with van der Waals surface area (Å²) in [4.78, 5) is 4.93. The van der Waals surface area contributed by atoms with Crippen molar-refractivity contribution in [1.82, 2.24) is 4.98 Å². The summed E-state index contributed by atoms with van der Waals surface area (Å²) in [5, 5.41) is 0. The molecule has 0 spiro atoms. The number of pyridine rings is 1. The van der Waals surface area contributed by atoms with E-state index in [4.69, 9.17) is 4.98 Å². The Labute approximate surface area is 189 Å². The van der Waals surface area contributed by atoms with Gasteiger partial charge in [0.05, 0.1) is 0 Å². The second-order valence-electron chi connectivity index (χ2n) is 9.26. The number of rotatable bonds is 6. The fourth-order valence-electron chi connectivity index (χ4n) is 4.32. The molecule has 0 saturated heterocycles. The Hall–Kier alpha value is -2.65. The summed E-state index contributed by atoms with van der Waals surface area (Å²) in [7, 11) is 0. The van der Waals surface area contributed by atoms with Crippen LogP contribution in [-0.2, 0) is 6.42 Å². The van der Waals surface area contributed by atoms with E-state index in [2.05, 4.69) is 123 Å². The monoisotopic (exact) mass is 467 g/mol. The van der Waals surface area contributed by atoms with Gasteiger partial charge < -0.3 is 0 Å². The molecule has 0 atom stereocenters. The second-order valence-corrected chi connectivity index (χ2v) is 18.4. The zero-order valence-corrected chi connectivity index (χ0v) is 21.1. The van der Waals surface area contributed by atoms with E-state index < -0.39 is 13.3 Å². The number of aromatic nitrogens is 1. The van der Waals surface area contributed by atoms with Crippen molar-refractivity contribution in [1.29, 1.82) is 0 Å². The van der Waals surface area contributed by atoms with Gasteiger partial charge in [-0.2, -0.15) is 0 Å². The first kappa shape index (κ1) is 21.6. The average Bonchev–Trinajstić information content (AvgIpc) is 2.80. The molecule has 0 radical (unpaired) electrons. The maximum absolute atomic E-state index is 4.93. The molecule has 4 rings (SSSR count). The molecule has 2 heteroatoms. The van der Waals surface area contributed by atoms with E-state index in [-0.39, 0.29) is 0 Å². The molecule has 0 aliphatic heterocycles. The number of nitrogens with zero attached hydrogens (tertiary/aromatic N) is 1. The Kier molecular flexibility index (Phi) is 6.43. The molecule has 0 unspecified atom stereocenters. The van der Waals surface area contributed by atoms with Gasteiger partial charge in [0.1, 0.15) is 0 Å². The van der Waals surface area contributed by atoms with Crippen LogP contribution in [0.3, 0.4) is 0 Å². The van der Waals surface area contributed by atoms with E-state index in [0.29, 0.717) is 5.92 Å². The summed E-state index contributed by atoms with van der Waals surface area (Å²) in [6.07, 6.45) is 3.23. The predicted octanol–water partition coefficient (Wildman–Crippen LogP) is 6.44. The minimum absolute atomic E-state index is 0.613. The average molecular weight is 466 g/mol. The van der Waals surface area contributed by atoms with Gasteiger partial charge in [0, 0.05) is 0 Å². The Bertz CT molecular complexity index is 1150. The third kappa shape index (κ3) is 4.83. The topological polar surface area (TPSA) is 12.9 Å². The van der Waals surface area contributed by atoms with Crippen molar-refractivity contribution in [2.45, 2.75) is 31.8 Å². The molecular weight excluding hydrogens is 435 g/mol. The molecule has 0 N–H and O–H groups in total. The predicted molar refractivity (Wildman–Crippen MR) is 137 cm³/mol. The zero-order valence-electron chi connectivity index (χ0n) is 19.0. The molecule has 3 aromatic carbocycles. The van der Waals surface area contributed by atoms with Crippen molar-refractivity contribution in [2.75, 3.05) is 0 Å². The summed E-state index contributed by atoms with van der Waals surface area (Å²) in [6.45, 7) is 4.59. The van der Waals surface area contributed by atoms with Crippen LogP contribution in [0, 0.1) is 5.92 Å². The van der Waals surface area contributed by atoms with Crippen LogP contribution in [0.4, 0.5) is 0 Å². The molecular formula is C29H31GeN. The van der Waals surface area contributed by atoms with Crippen LogP contribution in [0.25, 0.3) is 22.4 Å². The van der Waals surface area contributed by atoms with Gasteiger partial charge in [-0.3, -0.25) is 0 Å². The van der Waals surface area contributed by atoms with Crippen molar-refractivity contribution < 1.29 is 0 Å². The SMILES string of the molecule is CC(C)Cc1cnc(-c2cccc(-c3ccccc3)c2)c[c]1[Ge]([CH3])([CH3])[c]1ccccc1. The Morgan fingerprint density at radius 3 is 2.00 bits per heavy atom. The van der Waals surface area contributed by atoms with Crippen LogP contribution in [0.1, 0.15) is 19.4 Å². The molecule has 156 valence electrons. The molecule has 1 aromatic heterocycles. The van der Waals surface area contributed by atoms with Crippen molar-refractivity contribution in [3.8, 4) is 22.4 Å². The van der Waals surface area contributed by atoms with E-state index >= 15 is 0 Å². The first-order valence-corrected chi connectivity index (χ1v) is 17.5. The van der Waals surface area contributed by atoms with Gasteiger partial charge in [0.15, 0.2) is 0 Å². The number of hydrogen-bond donors (Lipinski definition) is 0. The zero-order chi connectivity index (χ0) is 21.8. The molecule has 0 saturated carbocycles. The van der Waals surface area contributed by atoms with Gasteiger partial charge in [0.2, 0.25) is 0 Å². The minimum atomic E-state index is -2.46. The van der Waals surface area contributed by atoms with Gasteiger partial charge in [-0.1, -0.05) is 0 Å². The fraction of sp³-hybridized carbons (Fsp3) is 0.207. The van der Waals surface area contributed by atoms with Gasteiger partial charge >= 0.3 is 190 Å². The second kappa shape index (κ2) is 9.24. The van der Waals surface area contributed by atoms with Gasteiger partial charge in [-0.15, -0.1) is 0 Å². The van der Waals surface area contributed by atoms with Crippen LogP contribution in [0.15, 0.2) is 97.2 Å². The Morgan fingerprint density at radius 1 is 0.710 bits per heavy atom. The normalized spacial score (nSPS) is 11.6. The van der Waals surface area contributed by atoms with Crippen LogP contribution >= 0.6 is 0 Å². The van der Waals surface area contributed by atoms with Crippen molar-refractivity contribution >= 4 is 22.1 Å². The molecule has 0 aliphatic rings. The summed E-state index contributed by atoms with van der Waals surface area (Å²) < 4.78 is 3.07. The molecule has 0 aliphatic carbocycles. The molecule has 31 heavy (non-hydrogen) atoms. The van der Waals surface area contributed by atoms with Gasteiger partial charge in [-0.25, -0.2) is 0 Å². The first-order chi connectivity index (χ1) is 14.9. The summed E-state index contributed by atoms with van der Waals surface area (Å²) in [5.41, 5.74) is 6.16. The van der Waals surface area contributed by atoms with Crippen LogP contribution in [0.5, 0.6) is 0 Å². The summed E-state index contributed by atoms with van der Waals surface area (Å²) in [6, 6.07) is 32.8. The fourth-order valence-corrected chi connectivity index (χ4v) is 10.2. The molecule has 1 heterocycles.